The Balaban J connectivity index is 0.00000256. The molecule has 0 bridgehead atoms. The van der Waals surface area contributed by atoms with Crippen molar-refractivity contribution in [1.82, 2.24) is 4.31 Å². The Morgan fingerprint density at radius 1 is 1.35 bits per heavy atom. The first-order valence-electron chi connectivity index (χ1n) is 4.08. The molecule has 1 aromatic rings. The second kappa shape index (κ2) is 6.63. The van der Waals surface area contributed by atoms with E-state index in [2.05, 4.69) is 0 Å². The van der Waals surface area contributed by atoms with Crippen molar-refractivity contribution in [2.24, 2.45) is 0 Å². The van der Waals surface area contributed by atoms with Gasteiger partial charge in [-0.2, -0.15) is 0 Å². The van der Waals surface area contributed by atoms with Crippen molar-refractivity contribution in [3.05, 3.63) is 23.2 Å². The summed E-state index contributed by atoms with van der Waals surface area (Å²) < 4.78 is 45.9. The molecule has 5 nitrogen and oxygen atoms in total. The molecule has 0 fully saturated rings. The zero-order chi connectivity index (χ0) is 12.5. The number of benzene rings is 1. The average molecular weight is 306 g/mol. The van der Waals surface area contributed by atoms with Crippen LogP contribution in [0.3, 0.4) is 0 Å². The normalized spacial score (nSPS) is 13.2. The molecule has 1 unspecified atom stereocenters. The molecular weight excluding hydrogens is 297 g/mol. The third-order valence-corrected chi connectivity index (χ3v) is 4.81. The van der Waals surface area contributed by atoms with Gasteiger partial charge < -0.3 is 4.55 Å². The first-order chi connectivity index (χ1) is 7.26. The molecule has 1 rings (SSSR count). The van der Waals surface area contributed by atoms with Gasteiger partial charge in [0.25, 0.3) is 0 Å². The molecule has 0 aliphatic heterocycles. The fraction of sp³-hybridized carbons (Fsp3) is 0.250. The second-order valence-electron chi connectivity index (χ2n) is 3.11. The molecule has 90 valence electrons. The average Bonchev–Trinajstić information content (AvgIpc) is 2.17. The van der Waals surface area contributed by atoms with Crippen molar-refractivity contribution in [3.8, 4) is 0 Å². The molecule has 1 aromatic carbocycles. The van der Waals surface area contributed by atoms with Crippen LogP contribution in [-0.4, -0.2) is 35.6 Å². The summed E-state index contributed by atoms with van der Waals surface area (Å²) >= 11 is 3.06. The maximum Gasteiger partial charge on any atom is 1.00 e. The van der Waals surface area contributed by atoms with Crippen molar-refractivity contribution in [1.29, 1.82) is 0 Å². The number of sulfonamides is 1. The van der Waals surface area contributed by atoms with E-state index in [1.165, 1.54) is 26.2 Å². The van der Waals surface area contributed by atoms with E-state index < -0.39 is 21.1 Å². The summed E-state index contributed by atoms with van der Waals surface area (Å²) in [5.41, 5.74) is 0. The van der Waals surface area contributed by atoms with E-state index in [1.807, 2.05) is 0 Å². The Labute approximate surface area is 130 Å². The number of hydrogen-bond donors (Lipinski definition) is 0. The Hall–Kier alpha value is 0.530. The summed E-state index contributed by atoms with van der Waals surface area (Å²) in [6, 6.07) is 3.53. The Bertz CT molecular complexity index is 532. The predicted octanol–water partition coefficient (Wildman–Crippen LogP) is -2.17. The summed E-state index contributed by atoms with van der Waals surface area (Å²) in [5.74, 6) is 0. The Morgan fingerprint density at radius 3 is 2.29 bits per heavy atom. The van der Waals surface area contributed by atoms with Gasteiger partial charge in [0.05, 0.1) is 9.92 Å². The summed E-state index contributed by atoms with van der Waals surface area (Å²) in [6.07, 6.45) is 0. The molecule has 0 saturated carbocycles. The van der Waals surface area contributed by atoms with Crippen LogP contribution in [0.1, 0.15) is 0 Å². The maximum absolute atomic E-state index is 11.7. The van der Waals surface area contributed by atoms with Crippen LogP contribution in [0.15, 0.2) is 28.0 Å². The summed E-state index contributed by atoms with van der Waals surface area (Å²) in [6.45, 7) is 0. The van der Waals surface area contributed by atoms with Gasteiger partial charge in [-0.05, 0) is 29.3 Å². The predicted molar refractivity (Wildman–Crippen MR) is 59.5 cm³/mol. The van der Waals surface area contributed by atoms with Gasteiger partial charge in [-0.15, -0.1) is 0 Å². The summed E-state index contributed by atoms with van der Waals surface area (Å²) in [7, 11) is -0.931. The largest absolute Gasteiger partial charge is 1.00 e. The second-order valence-corrected chi connectivity index (χ2v) is 6.58. The monoisotopic (exact) mass is 305 g/mol. The molecule has 17 heavy (non-hydrogen) atoms. The summed E-state index contributed by atoms with van der Waals surface area (Å²) in [5, 5.41) is -0.00830. The van der Waals surface area contributed by atoms with Gasteiger partial charge in [-0.3, -0.25) is 4.21 Å². The van der Waals surface area contributed by atoms with Crippen molar-refractivity contribution < 1.29 is 46.7 Å². The minimum atomic E-state index is -3.65. The SMILES string of the molecule is CN(C)S(=O)(=O)c1ccc(Cl)c(S(=O)[O-])c1.[Na+]. The van der Waals surface area contributed by atoms with E-state index in [-0.39, 0.29) is 44.4 Å². The number of rotatable bonds is 3. The molecule has 0 heterocycles. The van der Waals surface area contributed by atoms with Gasteiger partial charge in [0.15, 0.2) is 0 Å². The smallest absolute Gasteiger partial charge is 0.768 e. The first kappa shape index (κ1) is 17.5. The quantitative estimate of drug-likeness (QED) is 0.470. The van der Waals surface area contributed by atoms with E-state index in [4.69, 9.17) is 11.6 Å². The Morgan fingerprint density at radius 2 is 1.88 bits per heavy atom. The molecule has 0 N–H and O–H groups in total. The molecule has 0 aliphatic carbocycles. The molecule has 0 radical (unpaired) electrons. The molecule has 0 aliphatic rings. The van der Waals surface area contributed by atoms with Crippen LogP contribution in [0, 0.1) is 0 Å². The number of hydrogen-bond acceptors (Lipinski definition) is 4. The number of nitrogens with zero attached hydrogens (tertiary/aromatic N) is 1. The molecular formula is C8H9ClNNaO4S2. The van der Waals surface area contributed by atoms with E-state index in [1.54, 1.807) is 0 Å². The molecule has 0 amide bonds. The van der Waals surface area contributed by atoms with E-state index in [0.717, 1.165) is 10.4 Å². The third kappa shape index (κ3) is 4.00. The van der Waals surface area contributed by atoms with E-state index >= 15 is 0 Å². The molecule has 0 aromatic heterocycles. The third-order valence-electron chi connectivity index (χ3n) is 1.86. The fourth-order valence-electron chi connectivity index (χ4n) is 0.983. The van der Waals surface area contributed by atoms with Crippen LogP contribution >= 0.6 is 11.6 Å². The molecule has 9 heteroatoms. The van der Waals surface area contributed by atoms with Crippen LogP contribution in [0.5, 0.6) is 0 Å². The van der Waals surface area contributed by atoms with Crippen molar-refractivity contribution in [2.45, 2.75) is 9.79 Å². The standard InChI is InChI=1S/C8H10ClNO4S2.Na/c1-10(2)16(13,14)6-3-4-7(9)8(5-6)15(11)12;/h3-5H,1-2H3,(H,11,12);/q;+1/p-1. The van der Waals surface area contributed by atoms with Gasteiger partial charge in [0.1, 0.15) is 0 Å². The van der Waals surface area contributed by atoms with Crippen LogP contribution in [0.2, 0.25) is 5.02 Å². The van der Waals surface area contributed by atoms with Crippen LogP contribution < -0.4 is 29.6 Å². The maximum atomic E-state index is 11.7. The zero-order valence-electron chi connectivity index (χ0n) is 9.51. The fourth-order valence-corrected chi connectivity index (χ4v) is 2.74. The van der Waals surface area contributed by atoms with Crippen molar-refractivity contribution in [2.75, 3.05) is 14.1 Å². The summed E-state index contributed by atoms with van der Waals surface area (Å²) in [4.78, 5) is -0.342. The van der Waals surface area contributed by atoms with Crippen molar-refractivity contribution >= 4 is 32.7 Å². The van der Waals surface area contributed by atoms with Crippen LogP contribution in [0.25, 0.3) is 0 Å². The molecule has 1 atom stereocenters. The van der Waals surface area contributed by atoms with Crippen molar-refractivity contribution in [3.63, 3.8) is 0 Å². The van der Waals surface area contributed by atoms with Gasteiger partial charge in [0, 0.05) is 19.0 Å². The van der Waals surface area contributed by atoms with Crippen LogP contribution in [-0.2, 0) is 21.1 Å². The topological polar surface area (TPSA) is 77.5 Å². The Kier molecular flexibility index (Phi) is 6.83. The molecule has 0 saturated heterocycles. The van der Waals surface area contributed by atoms with Gasteiger partial charge >= 0.3 is 29.6 Å². The van der Waals surface area contributed by atoms with Gasteiger partial charge in [-0.1, -0.05) is 11.6 Å². The minimum Gasteiger partial charge on any atom is -0.768 e. The minimum absolute atomic E-state index is 0. The van der Waals surface area contributed by atoms with Gasteiger partial charge in [0.2, 0.25) is 10.0 Å². The number of halogens is 1. The van der Waals surface area contributed by atoms with Gasteiger partial charge in [-0.25, -0.2) is 12.7 Å². The van der Waals surface area contributed by atoms with Crippen LogP contribution in [0.4, 0.5) is 0 Å². The van der Waals surface area contributed by atoms with E-state index in [0.29, 0.717) is 0 Å². The first-order valence-corrected chi connectivity index (χ1v) is 6.97. The molecule has 0 spiro atoms. The van der Waals surface area contributed by atoms with E-state index in [9.17, 15) is 17.2 Å². The zero-order valence-corrected chi connectivity index (χ0v) is 13.9.